The molecule has 1 aromatic carbocycles. The topological polar surface area (TPSA) is 108 Å². The summed E-state index contributed by atoms with van der Waals surface area (Å²) in [7, 11) is 1.67. The van der Waals surface area contributed by atoms with E-state index in [1.165, 1.54) is 4.90 Å². The second kappa shape index (κ2) is 13.3. The number of nitrogens with zero attached hydrogens (tertiary/aromatic N) is 4. The van der Waals surface area contributed by atoms with Crippen molar-refractivity contribution in [1.29, 1.82) is 0 Å². The third-order valence-electron chi connectivity index (χ3n) is 7.68. The molecule has 1 aliphatic heterocycles. The number of carboxylic acid groups (broad SMARTS) is 1. The predicted molar refractivity (Wildman–Crippen MR) is 163 cm³/mol. The van der Waals surface area contributed by atoms with E-state index in [4.69, 9.17) is 9.72 Å². The van der Waals surface area contributed by atoms with Crippen molar-refractivity contribution in [2.45, 2.75) is 103 Å². The first-order chi connectivity index (χ1) is 19.1. The number of halogens is 1. The fourth-order valence-corrected chi connectivity index (χ4v) is 6.10. The van der Waals surface area contributed by atoms with E-state index in [0.717, 1.165) is 22.2 Å². The third-order valence-corrected chi connectivity index (χ3v) is 8.21. The highest BCUT2D eigenvalue weighted by Crippen LogP contribution is 2.35. The molecule has 0 aliphatic carbocycles. The summed E-state index contributed by atoms with van der Waals surface area (Å²) in [5, 5.41) is 22.2. The molecule has 41 heavy (non-hydrogen) atoms. The Bertz CT molecular complexity index is 1180. The van der Waals surface area contributed by atoms with Crippen molar-refractivity contribution in [1.82, 2.24) is 19.4 Å². The van der Waals surface area contributed by atoms with Gasteiger partial charge in [0.15, 0.2) is 0 Å². The van der Waals surface area contributed by atoms with Crippen LogP contribution in [0.15, 0.2) is 34.9 Å². The lowest BCUT2D eigenvalue weighted by Crippen LogP contribution is -2.55. The van der Waals surface area contributed by atoms with Crippen LogP contribution in [-0.2, 0) is 33.5 Å². The summed E-state index contributed by atoms with van der Waals surface area (Å²) < 4.78 is 8.30. The SMILES string of the molecule is COCCCn1c(C(C)(C)C)cnc1C1(O)CCCN(C(=O)C[C@@H](Cc2ccc(Br)cc2)N(C(=O)O)C(C)(C)C)C1. The largest absolute Gasteiger partial charge is 0.465 e. The van der Waals surface area contributed by atoms with E-state index in [-0.39, 0.29) is 24.3 Å². The van der Waals surface area contributed by atoms with Gasteiger partial charge in [-0.2, -0.15) is 0 Å². The molecule has 2 aromatic rings. The van der Waals surface area contributed by atoms with Crippen LogP contribution in [0.25, 0.3) is 0 Å². The van der Waals surface area contributed by atoms with Crippen LogP contribution in [0.2, 0.25) is 0 Å². The Kier molecular flexibility index (Phi) is 10.7. The lowest BCUT2D eigenvalue weighted by molar-refractivity contribution is -0.141. The van der Waals surface area contributed by atoms with E-state index in [0.29, 0.717) is 44.8 Å². The molecule has 228 valence electrons. The van der Waals surface area contributed by atoms with Crippen molar-refractivity contribution in [2.75, 3.05) is 26.8 Å². The molecule has 10 heteroatoms. The van der Waals surface area contributed by atoms with Gasteiger partial charge in [-0.25, -0.2) is 9.78 Å². The number of carbonyl (C=O) groups excluding carboxylic acids is 1. The lowest BCUT2D eigenvalue weighted by Gasteiger charge is -2.42. The summed E-state index contributed by atoms with van der Waals surface area (Å²) in [6.45, 7) is 13.8. The van der Waals surface area contributed by atoms with Gasteiger partial charge < -0.3 is 24.4 Å². The number of aromatic nitrogens is 2. The first kappa shape index (κ1) is 33.1. The Balaban J connectivity index is 1.89. The molecule has 0 saturated carbocycles. The number of methoxy groups -OCH3 is 1. The Morgan fingerprint density at radius 2 is 1.83 bits per heavy atom. The third kappa shape index (κ3) is 8.32. The van der Waals surface area contributed by atoms with Gasteiger partial charge in [0, 0.05) is 66.6 Å². The Morgan fingerprint density at radius 1 is 1.17 bits per heavy atom. The van der Waals surface area contributed by atoms with Crippen LogP contribution in [0.1, 0.15) is 84.3 Å². The molecule has 2 N–H and O–H groups in total. The summed E-state index contributed by atoms with van der Waals surface area (Å²) in [4.78, 5) is 34.0. The predicted octanol–water partition coefficient (Wildman–Crippen LogP) is 5.57. The Morgan fingerprint density at radius 3 is 2.39 bits per heavy atom. The number of amides is 2. The fourth-order valence-electron chi connectivity index (χ4n) is 5.84. The van der Waals surface area contributed by atoms with Crippen LogP contribution >= 0.6 is 15.9 Å². The van der Waals surface area contributed by atoms with E-state index in [1.807, 2.05) is 51.2 Å². The number of β-amino-alcohol motifs (C(OH)–C–C–N with tert-alkyl or cyclic N) is 1. The van der Waals surface area contributed by atoms with Crippen LogP contribution in [-0.4, -0.2) is 80.0 Å². The van der Waals surface area contributed by atoms with E-state index in [2.05, 4.69) is 41.3 Å². The maximum atomic E-state index is 13.8. The maximum absolute atomic E-state index is 13.8. The maximum Gasteiger partial charge on any atom is 0.408 e. The van der Waals surface area contributed by atoms with Gasteiger partial charge in [-0.05, 0) is 64.2 Å². The second-order valence-electron chi connectivity index (χ2n) is 13.2. The first-order valence-corrected chi connectivity index (χ1v) is 15.2. The number of rotatable bonds is 10. The quantitative estimate of drug-likeness (QED) is 0.331. The molecule has 0 bridgehead atoms. The van der Waals surface area contributed by atoms with Gasteiger partial charge in [-0.3, -0.25) is 9.69 Å². The number of aliphatic hydroxyl groups is 1. The number of carbonyl (C=O) groups is 2. The fraction of sp³-hybridized carbons (Fsp3) is 0.645. The number of piperidine rings is 1. The highest BCUT2D eigenvalue weighted by molar-refractivity contribution is 9.10. The first-order valence-electron chi connectivity index (χ1n) is 14.4. The molecule has 1 saturated heterocycles. The molecule has 2 atom stereocenters. The minimum atomic E-state index is -1.30. The summed E-state index contributed by atoms with van der Waals surface area (Å²) >= 11 is 3.45. The Hall–Kier alpha value is -2.43. The number of hydrogen-bond donors (Lipinski definition) is 2. The van der Waals surface area contributed by atoms with Crippen molar-refractivity contribution in [3.63, 3.8) is 0 Å². The van der Waals surface area contributed by atoms with Crippen LogP contribution in [0.4, 0.5) is 4.79 Å². The van der Waals surface area contributed by atoms with Gasteiger partial charge >= 0.3 is 6.09 Å². The minimum absolute atomic E-state index is 0.0191. The zero-order valence-electron chi connectivity index (χ0n) is 25.6. The van der Waals surface area contributed by atoms with E-state index >= 15 is 0 Å². The molecule has 1 aromatic heterocycles. The highest BCUT2D eigenvalue weighted by Gasteiger charge is 2.43. The molecule has 3 rings (SSSR count). The van der Waals surface area contributed by atoms with E-state index in [1.54, 1.807) is 12.0 Å². The highest BCUT2D eigenvalue weighted by atomic mass is 79.9. The van der Waals surface area contributed by atoms with Gasteiger partial charge in [0.05, 0.1) is 6.54 Å². The Labute approximate surface area is 253 Å². The lowest BCUT2D eigenvalue weighted by atomic mass is 9.89. The molecule has 1 unspecified atom stereocenters. The normalized spacial score (nSPS) is 18.8. The van der Waals surface area contributed by atoms with E-state index < -0.39 is 23.3 Å². The zero-order valence-corrected chi connectivity index (χ0v) is 27.2. The second-order valence-corrected chi connectivity index (χ2v) is 14.1. The van der Waals surface area contributed by atoms with Gasteiger partial charge in [0.1, 0.15) is 11.4 Å². The summed E-state index contributed by atoms with van der Waals surface area (Å²) in [6.07, 6.45) is 3.09. The van der Waals surface area contributed by atoms with Gasteiger partial charge in [-0.15, -0.1) is 0 Å². The van der Waals surface area contributed by atoms with Crippen LogP contribution in [0.3, 0.4) is 0 Å². The number of likely N-dealkylation sites (tertiary alicyclic amines) is 1. The zero-order chi connectivity index (χ0) is 30.6. The van der Waals surface area contributed by atoms with Crippen molar-refractivity contribution < 1.29 is 24.5 Å². The summed E-state index contributed by atoms with van der Waals surface area (Å²) in [5.41, 5.74) is -0.207. The van der Waals surface area contributed by atoms with Crippen molar-refractivity contribution in [3.05, 3.63) is 52.0 Å². The van der Waals surface area contributed by atoms with Gasteiger partial charge in [0.25, 0.3) is 0 Å². The summed E-state index contributed by atoms with van der Waals surface area (Å²) in [5.74, 6) is 0.401. The number of imidazole rings is 1. The molecule has 1 aliphatic rings. The number of hydrogen-bond acceptors (Lipinski definition) is 5. The van der Waals surface area contributed by atoms with Crippen molar-refractivity contribution in [2.24, 2.45) is 0 Å². The molecule has 0 radical (unpaired) electrons. The average molecular weight is 636 g/mol. The molecular weight excluding hydrogens is 588 g/mol. The van der Waals surface area contributed by atoms with Crippen molar-refractivity contribution >= 4 is 27.9 Å². The number of ether oxygens (including phenoxy) is 1. The molecule has 1 fully saturated rings. The molecule has 9 nitrogen and oxygen atoms in total. The molecule has 2 heterocycles. The van der Waals surface area contributed by atoms with Gasteiger partial charge in [-0.1, -0.05) is 48.8 Å². The minimum Gasteiger partial charge on any atom is -0.465 e. The monoisotopic (exact) mass is 634 g/mol. The standard InChI is InChI=1S/C31H47BrN4O5/c1-29(2,3)25-20-33-27(35(25)16-9-17-41-7)31(40)14-8-15-34(21-31)26(37)19-24(36(28(38)39)30(4,5)6)18-22-10-12-23(32)13-11-22/h10-13,20,24,40H,8-9,14-19,21H2,1-7H3,(H,38,39)/t24-,31?/m1/s1. The van der Waals surface area contributed by atoms with E-state index in [9.17, 15) is 19.8 Å². The van der Waals surface area contributed by atoms with Crippen LogP contribution in [0.5, 0.6) is 0 Å². The molecule has 0 spiro atoms. The van der Waals surface area contributed by atoms with Gasteiger partial charge in [0.2, 0.25) is 5.91 Å². The molecular formula is C31H47BrN4O5. The molecule has 2 amide bonds. The average Bonchev–Trinajstić information content (AvgIpc) is 3.30. The number of benzene rings is 1. The van der Waals surface area contributed by atoms with Crippen LogP contribution in [0, 0.1) is 0 Å². The van der Waals surface area contributed by atoms with Crippen molar-refractivity contribution in [3.8, 4) is 0 Å². The summed E-state index contributed by atoms with van der Waals surface area (Å²) in [6, 6.07) is 7.16. The smallest absolute Gasteiger partial charge is 0.408 e. The van der Waals surface area contributed by atoms with Crippen LogP contribution < -0.4 is 0 Å².